The molecule has 0 aliphatic carbocycles. The van der Waals surface area contributed by atoms with Gasteiger partial charge in [-0.05, 0) is 63.7 Å². The Morgan fingerprint density at radius 2 is 0.891 bits per heavy atom. The van der Waals surface area contributed by atoms with Gasteiger partial charge in [0.05, 0.1) is 53.7 Å². The summed E-state index contributed by atoms with van der Waals surface area (Å²) in [6, 6.07) is -12.1. The molecule has 8 aromatic carbocycles. The zero-order chi connectivity index (χ0) is 60.1. The number of aromatic nitrogens is 4. The van der Waals surface area contributed by atoms with Crippen LogP contribution in [0.3, 0.4) is 0 Å². The number of nitrogens with zero attached hydrogens (tertiary/aromatic N) is 4. The molecule has 4 nitrogen and oxygen atoms in total. The molecule has 55 heavy (non-hydrogen) atoms. The van der Waals surface area contributed by atoms with E-state index >= 15 is 0 Å². The second-order valence-electron chi connectivity index (χ2n) is 11.7. The summed E-state index contributed by atoms with van der Waals surface area (Å²) in [7, 11) is 0. The molecule has 0 bridgehead atoms. The van der Waals surface area contributed by atoms with Gasteiger partial charge in [-0.15, -0.1) is 0 Å². The summed E-state index contributed by atoms with van der Waals surface area (Å²) < 4.78 is 238. The van der Waals surface area contributed by atoms with Gasteiger partial charge in [0.1, 0.15) is 0 Å². The molecule has 258 valence electrons. The van der Waals surface area contributed by atoms with Gasteiger partial charge in [0.15, 0.2) is 17.5 Å². The van der Waals surface area contributed by atoms with Crippen molar-refractivity contribution >= 4 is 21.8 Å². The van der Waals surface area contributed by atoms with Crippen LogP contribution in [0.25, 0.3) is 95.0 Å². The zero-order valence-electron chi connectivity index (χ0n) is 54.8. The average Bonchev–Trinajstić information content (AvgIpc) is 1.64. The van der Waals surface area contributed by atoms with Gasteiger partial charge < -0.3 is 4.57 Å². The van der Waals surface area contributed by atoms with E-state index in [2.05, 4.69) is 9.97 Å². The molecule has 0 fully saturated rings. The van der Waals surface area contributed by atoms with Crippen molar-refractivity contribution in [3.63, 3.8) is 0 Å². The molecule has 2 aromatic heterocycles. The van der Waals surface area contributed by atoms with E-state index < -0.39 is 225 Å². The molecular weight excluding hydrogens is 669 g/mol. The molecule has 0 N–H and O–H groups in total. The third-order valence-electron chi connectivity index (χ3n) is 8.51. The molecule has 0 atom stereocenters. The first kappa shape index (κ1) is 14.8. The van der Waals surface area contributed by atoms with E-state index in [0.29, 0.717) is 0 Å². The Labute approximate surface area is 357 Å². The third kappa shape index (κ3) is 5.96. The number of hydrogen-bond acceptors (Lipinski definition) is 3. The highest BCUT2D eigenvalue weighted by molar-refractivity contribution is 6.16. The second-order valence-corrected chi connectivity index (χ2v) is 11.7. The van der Waals surface area contributed by atoms with Crippen LogP contribution in [0, 0.1) is 0 Å². The van der Waals surface area contributed by atoms with Crippen LogP contribution in [0.15, 0.2) is 206 Å². The van der Waals surface area contributed by atoms with Crippen LogP contribution in [0.4, 0.5) is 0 Å². The Hall–Kier alpha value is -7.43. The maximum atomic E-state index is 9.57. The molecule has 2 heterocycles. The Morgan fingerprint density at radius 3 is 1.58 bits per heavy atom. The maximum absolute atomic E-state index is 9.57. The molecule has 10 aromatic rings. The van der Waals surface area contributed by atoms with Crippen LogP contribution < -0.4 is 0 Å². The summed E-state index contributed by atoms with van der Waals surface area (Å²) >= 11 is 0. The van der Waals surface area contributed by atoms with Crippen molar-refractivity contribution < 1.29 is 37.0 Å². The normalized spacial score (nSPS) is 18.1. The summed E-state index contributed by atoms with van der Waals surface area (Å²) in [5, 5.41) is -0.945. The van der Waals surface area contributed by atoms with E-state index in [1.807, 2.05) is 0 Å². The van der Waals surface area contributed by atoms with E-state index in [-0.39, 0.29) is 33.5 Å². The Morgan fingerprint density at radius 1 is 0.364 bits per heavy atom. The van der Waals surface area contributed by atoms with Crippen LogP contribution in [-0.4, -0.2) is 19.5 Å². The van der Waals surface area contributed by atoms with Gasteiger partial charge in [-0.2, -0.15) is 0 Å². The monoisotopic (exact) mass is 729 g/mol. The molecular formula is C51H34N4. The lowest BCUT2D eigenvalue weighted by Crippen LogP contribution is -2.04. The van der Waals surface area contributed by atoms with Crippen LogP contribution in [0.5, 0.6) is 0 Å². The predicted molar refractivity (Wildman–Crippen MR) is 227 cm³/mol. The van der Waals surface area contributed by atoms with E-state index in [1.165, 1.54) is 42.5 Å². The van der Waals surface area contributed by atoms with Crippen LogP contribution in [0.1, 0.15) is 37.0 Å². The smallest absolute Gasteiger partial charge is 0.166 e. The van der Waals surface area contributed by atoms with E-state index in [9.17, 15) is 6.85 Å². The van der Waals surface area contributed by atoms with E-state index in [0.717, 1.165) is 4.57 Å². The third-order valence-corrected chi connectivity index (χ3v) is 8.51. The lowest BCUT2D eigenvalue weighted by molar-refractivity contribution is 1.06. The van der Waals surface area contributed by atoms with Crippen molar-refractivity contribution in [2.24, 2.45) is 0 Å². The van der Waals surface area contributed by atoms with Gasteiger partial charge in [0.25, 0.3) is 0 Å². The Bertz CT molecular complexity index is 4440. The summed E-state index contributed by atoms with van der Waals surface area (Å²) in [5.41, 5.74) is -4.42. The fourth-order valence-corrected chi connectivity index (χ4v) is 6.14. The van der Waals surface area contributed by atoms with Crippen LogP contribution in [-0.2, 0) is 0 Å². The molecule has 0 radical (unpaired) electrons. The lowest BCUT2D eigenvalue weighted by atomic mass is 9.99. The summed E-state index contributed by atoms with van der Waals surface area (Å²) in [5.74, 6) is -1.60. The minimum absolute atomic E-state index is 0.0191. The van der Waals surface area contributed by atoms with Gasteiger partial charge in [-0.1, -0.05) is 175 Å². The first-order valence-electron chi connectivity index (χ1n) is 29.8. The number of rotatable bonds is 7. The number of benzene rings is 8. The Balaban J connectivity index is 1.44. The molecule has 10 rings (SSSR count). The van der Waals surface area contributed by atoms with Gasteiger partial charge in [-0.25, -0.2) is 15.0 Å². The van der Waals surface area contributed by atoms with E-state index in [4.69, 9.17) is 35.1 Å². The number of hydrogen-bond donors (Lipinski definition) is 0. The van der Waals surface area contributed by atoms with Gasteiger partial charge in [-0.3, -0.25) is 0 Å². The highest BCUT2D eigenvalue weighted by Crippen LogP contribution is 2.41. The van der Waals surface area contributed by atoms with Gasteiger partial charge in [0.2, 0.25) is 0 Å². The van der Waals surface area contributed by atoms with Crippen molar-refractivity contribution in [1.29, 1.82) is 0 Å². The van der Waals surface area contributed by atoms with Crippen LogP contribution >= 0.6 is 0 Å². The van der Waals surface area contributed by atoms with Crippen molar-refractivity contribution in [2.45, 2.75) is 0 Å². The standard InChI is InChI=1S/C51H34N4/c1-5-17-35(18-6-1)39-25-15-26-41(33-39)50-52-49(38-23-11-4-12-24-38)53-51(54-50)44-34-40(36-19-7-2-8-20-36)31-32-46(44)55-45-29-14-13-27-43(45)48-42(28-16-30-47(48)55)37-21-9-3-10-22-37/h1-34H/i1D,2D,3D,4D,5D,6D,7D,8D,9D,10D,11D,12D,13D,14D,16D,17D,18D,19D,20D,21D,22D,23D,24D,27D,28D,29D,30D. The highest BCUT2D eigenvalue weighted by atomic mass is 15.1. The minimum atomic E-state index is -0.921. The fraction of sp³-hybridized carbons (Fsp3) is 0. The largest absolute Gasteiger partial charge is 0.308 e. The maximum Gasteiger partial charge on any atom is 0.166 e. The highest BCUT2D eigenvalue weighted by Gasteiger charge is 2.22. The topological polar surface area (TPSA) is 43.6 Å². The molecule has 0 aliphatic heterocycles. The van der Waals surface area contributed by atoms with Crippen molar-refractivity contribution in [3.05, 3.63) is 206 Å². The Kier molecular flexibility index (Phi) is 3.72. The summed E-state index contributed by atoms with van der Waals surface area (Å²) in [6.45, 7) is 0. The minimum Gasteiger partial charge on any atom is -0.308 e. The second kappa shape index (κ2) is 13.8. The van der Waals surface area contributed by atoms with E-state index in [1.54, 1.807) is 0 Å². The van der Waals surface area contributed by atoms with Crippen molar-refractivity contribution in [3.8, 4) is 73.2 Å². The number of fused-ring (bicyclic) bond motifs is 3. The lowest BCUT2D eigenvalue weighted by Gasteiger charge is -2.16. The van der Waals surface area contributed by atoms with Crippen molar-refractivity contribution in [2.75, 3.05) is 0 Å². The summed E-state index contributed by atoms with van der Waals surface area (Å²) in [4.78, 5) is 14.0. The zero-order valence-corrected chi connectivity index (χ0v) is 27.8. The quantitative estimate of drug-likeness (QED) is 0.164. The molecule has 0 unspecified atom stereocenters. The molecule has 0 saturated heterocycles. The average molecular weight is 730 g/mol. The first-order valence-corrected chi connectivity index (χ1v) is 16.3. The molecule has 0 spiro atoms. The van der Waals surface area contributed by atoms with Crippen LogP contribution in [0.2, 0.25) is 0 Å². The van der Waals surface area contributed by atoms with Gasteiger partial charge in [0, 0.05) is 27.5 Å². The van der Waals surface area contributed by atoms with Crippen molar-refractivity contribution in [1.82, 2.24) is 19.5 Å². The molecule has 0 saturated carbocycles. The fourth-order valence-electron chi connectivity index (χ4n) is 6.14. The summed E-state index contributed by atoms with van der Waals surface area (Å²) in [6.07, 6.45) is 0. The number of para-hydroxylation sites is 1. The molecule has 4 heteroatoms. The van der Waals surface area contributed by atoms with Gasteiger partial charge >= 0.3 is 0 Å². The molecule has 0 aliphatic rings. The SMILES string of the molecule is [2H]c1c([2H])c([2H])c(-c2cccc(-c3nc(-c4cc(-c5c([2H])c([2H])c([2H])c([2H])c5[2H])ccc4-n4c5c([2H])c([2H])c([2H])c([2H])c5c5c(-c6c([2H])c([2H])c([2H])c([2H])c6[2H])c([2H])c([2H])c([2H])c54)nc(-c4c([2H])c([2H])c([2H])c([2H])c4[2H])n3)c2)c([2H])c1[2H]. The molecule has 0 amide bonds. The first-order chi connectivity index (χ1) is 38.5. The predicted octanol–water partition coefficient (Wildman–Crippen LogP) is 13.0.